The minimum Gasteiger partial charge on any atom is -0.465 e. The first-order valence-corrected chi connectivity index (χ1v) is 11.7. The molecule has 0 radical (unpaired) electrons. The molecular weight excluding hydrogens is 448 g/mol. The van der Waals surface area contributed by atoms with Gasteiger partial charge in [0.15, 0.2) is 5.54 Å². The van der Waals surface area contributed by atoms with Crippen LogP contribution in [0.4, 0.5) is 0 Å². The van der Waals surface area contributed by atoms with Gasteiger partial charge in [0, 0.05) is 19.0 Å². The van der Waals surface area contributed by atoms with E-state index in [-0.39, 0.29) is 17.2 Å². The van der Waals surface area contributed by atoms with Crippen molar-refractivity contribution in [2.45, 2.75) is 36.8 Å². The first-order valence-electron chi connectivity index (χ1n) is 11.7. The van der Waals surface area contributed by atoms with Crippen molar-refractivity contribution in [1.29, 1.82) is 0 Å². The lowest BCUT2D eigenvalue weighted by molar-refractivity contribution is -0.305. The number of likely N-dealkylation sites (tertiary alicyclic amines) is 1. The Hall–Kier alpha value is -3.65. The Morgan fingerprint density at radius 3 is 2.03 bits per heavy atom. The summed E-state index contributed by atoms with van der Waals surface area (Å²) in [6, 6.07) is 19.0. The van der Waals surface area contributed by atoms with Crippen LogP contribution in [0.2, 0.25) is 0 Å². The van der Waals surface area contributed by atoms with E-state index >= 15 is 0 Å². The summed E-state index contributed by atoms with van der Waals surface area (Å²) >= 11 is 0. The first-order chi connectivity index (χ1) is 16.9. The molecule has 2 fully saturated rings. The third-order valence-corrected chi connectivity index (χ3v) is 7.46. The summed E-state index contributed by atoms with van der Waals surface area (Å²) in [5, 5.41) is 1.52. The van der Waals surface area contributed by atoms with Crippen molar-refractivity contribution >= 4 is 17.8 Å². The van der Waals surface area contributed by atoms with E-state index in [1.807, 2.05) is 72.5 Å². The van der Waals surface area contributed by atoms with E-state index in [9.17, 15) is 14.4 Å². The topological polar surface area (TPSA) is 85.4 Å². The van der Waals surface area contributed by atoms with Crippen LogP contribution in [0.25, 0.3) is 0 Å². The van der Waals surface area contributed by atoms with E-state index in [0.29, 0.717) is 13.1 Å². The maximum atomic E-state index is 14.5. The smallest absolute Gasteiger partial charge is 0.376 e. The number of hydrogen-bond donors (Lipinski definition) is 0. The molecule has 0 aromatic heterocycles. The minimum absolute atomic E-state index is 0.0430. The molecule has 0 unspecified atom stereocenters. The lowest BCUT2D eigenvalue weighted by atomic mass is 9.54. The summed E-state index contributed by atoms with van der Waals surface area (Å²) in [6.45, 7) is 3.09. The monoisotopic (exact) mass is 476 g/mol. The number of benzene rings is 2. The number of fused-ring (bicyclic) bond motifs is 1. The normalized spacial score (nSPS) is 27.6. The van der Waals surface area contributed by atoms with Gasteiger partial charge in [-0.1, -0.05) is 60.7 Å². The highest BCUT2D eigenvalue weighted by atomic mass is 16.7. The molecule has 35 heavy (non-hydrogen) atoms. The van der Waals surface area contributed by atoms with Crippen LogP contribution in [0.1, 0.15) is 36.8 Å². The van der Waals surface area contributed by atoms with Gasteiger partial charge in [0.2, 0.25) is 5.76 Å². The zero-order valence-corrected chi connectivity index (χ0v) is 20.0. The van der Waals surface area contributed by atoms with Crippen LogP contribution in [0, 0.1) is 0 Å². The molecule has 0 spiro atoms. The number of methoxy groups -OCH3 is 2. The molecule has 2 aromatic carbocycles. The number of carbonyl (C=O) groups excluding carboxylic acids is 3. The van der Waals surface area contributed by atoms with E-state index in [4.69, 9.17) is 14.3 Å². The third kappa shape index (κ3) is 3.06. The van der Waals surface area contributed by atoms with Crippen LogP contribution < -0.4 is 0 Å². The van der Waals surface area contributed by atoms with Gasteiger partial charge >= 0.3 is 11.9 Å². The molecule has 0 bridgehead atoms. The van der Waals surface area contributed by atoms with Crippen molar-refractivity contribution in [2.75, 3.05) is 27.3 Å². The fourth-order valence-electron chi connectivity index (χ4n) is 6.04. The van der Waals surface area contributed by atoms with Crippen LogP contribution in [0.3, 0.4) is 0 Å². The lowest BCUT2D eigenvalue weighted by Gasteiger charge is -2.64. The van der Waals surface area contributed by atoms with Crippen LogP contribution in [-0.2, 0) is 34.2 Å². The Kier molecular flexibility index (Phi) is 5.63. The van der Waals surface area contributed by atoms with Crippen molar-refractivity contribution in [3.63, 3.8) is 0 Å². The van der Waals surface area contributed by atoms with Crippen molar-refractivity contribution in [3.8, 4) is 0 Å². The maximum Gasteiger partial charge on any atom is 0.376 e. The predicted octanol–water partition coefficient (Wildman–Crippen LogP) is 2.91. The number of ether oxygens (including phenoxy) is 2. The van der Waals surface area contributed by atoms with Crippen molar-refractivity contribution in [1.82, 2.24) is 9.96 Å². The molecule has 0 saturated carbocycles. The van der Waals surface area contributed by atoms with Crippen LogP contribution in [0.15, 0.2) is 72.0 Å². The second-order valence-electron chi connectivity index (χ2n) is 9.20. The lowest BCUT2D eigenvalue weighted by Crippen LogP contribution is -2.79. The molecule has 1 amide bonds. The van der Waals surface area contributed by atoms with Crippen molar-refractivity contribution < 1.29 is 28.7 Å². The summed E-state index contributed by atoms with van der Waals surface area (Å²) in [5.41, 5.74) is -0.862. The van der Waals surface area contributed by atoms with Gasteiger partial charge in [0.1, 0.15) is 11.1 Å². The van der Waals surface area contributed by atoms with E-state index in [1.165, 1.54) is 19.3 Å². The molecule has 182 valence electrons. The van der Waals surface area contributed by atoms with Gasteiger partial charge in [-0.05, 0) is 30.9 Å². The van der Waals surface area contributed by atoms with Gasteiger partial charge in [-0.2, -0.15) is 0 Å². The zero-order chi connectivity index (χ0) is 24.8. The fourth-order valence-corrected chi connectivity index (χ4v) is 6.04. The van der Waals surface area contributed by atoms with E-state index in [0.717, 1.165) is 24.0 Å². The number of rotatable bonds is 5. The highest BCUT2D eigenvalue weighted by Gasteiger charge is 2.80. The molecule has 8 nitrogen and oxygen atoms in total. The number of hydrogen-bond acceptors (Lipinski definition) is 7. The number of nitrogens with zero attached hydrogens (tertiary/aromatic N) is 2. The zero-order valence-electron chi connectivity index (χ0n) is 20.0. The van der Waals surface area contributed by atoms with Crippen LogP contribution in [-0.4, -0.2) is 60.7 Å². The van der Waals surface area contributed by atoms with Gasteiger partial charge < -0.3 is 19.2 Å². The third-order valence-electron chi connectivity index (χ3n) is 7.46. The fraction of sp³-hybridized carbons (Fsp3) is 0.370. The van der Waals surface area contributed by atoms with Gasteiger partial charge in [0.05, 0.1) is 14.2 Å². The molecule has 0 N–H and O–H groups in total. The van der Waals surface area contributed by atoms with E-state index in [2.05, 4.69) is 0 Å². The summed E-state index contributed by atoms with van der Waals surface area (Å²) < 4.78 is 10.0. The molecule has 2 aromatic rings. The molecule has 3 atom stereocenters. The van der Waals surface area contributed by atoms with Gasteiger partial charge in [-0.3, -0.25) is 4.79 Å². The molecule has 5 rings (SSSR count). The molecule has 0 aliphatic carbocycles. The Bertz CT molecular complexity index is 1190. The highest BCUT2D eigenvalue weighted by molar-refractivity contribution is 6.04. The van der Waals surface area contributed by atoms with Crippen molar-refractivity contribution in [2.24, 2.45) is 0 Å². The van der Waals surface area contributed by atoms with Gasteiger partial charge in [0.25, 0.3) is 5.91 Å². The van der Waals surface area contributed by atoms with Crippen LogP contribution >= 0.6 is 0 Å². The Labute approximate surface area is 204 Å². The predicted molar refractivity (Wildman–Crippen MR) is 126 cm³/mol. The number of carbonyl (C=O) groups is 3. The van der Waals surface area contributed by atoms with Gasteiger partial charge in [-0.25, -0.2) is 9.59 Å². The summed E-state index contributed by atoms with van der Waals surface area (Å²) in [7, 11) is 2.48. The maximum absolute atomic E-state index is 14.5. The number of amides is 1. The molecule has 3 heterocycles. The largest absolute Gasteiger partial charge is 0.465 e. The first kappa shape index (κ1) is 23.1. The second-order valence-corrected chi connectivity index (χ2v) is 9.20. The number of esters is 2. The summed E-state index contributed by atoms with van der Waals surface area (Å²) in [4.78, 5) is 48.3. The van der Waals surface area contributed by atoms with Gasteiger partial charge in [-0.15, -0.1) is 5.06 Å². The average Bonchev–Trinajstić information content (AvgIpc) is 3.52. The van der Waals surface area contributed by atoms with Crippen molar-refractivity contribution in [3.05, 3.63) is 83.1 Å². The molecular formula is C27H28N2O6. The number of hydroxylamine groups is 2. The average molecular weight is 477 g/mol. The summed E-state index contributed by atoms with van der Waals surface area (Å²) in [5.74, 6) is -2.43. The Balaban J connectivity index is 1.79. The van der Waals surface area contributed by atoms with E-state index in [1.54, 1.807) is 0 Å². The quantitative estimate of drug-likeness (QED) is 0.614. The molecule has 8 heteroatoms. The van der Waals surface area contributed by atoms with Crippen LogP contribution in [0.5, 0.6) is 0 Å². The highest BCUT2D eigenvalue weighted by Crippen LogP contribution is 2.67. The minimum atomic E-state index is -1.31. The molecule has 3 aliphatic heterocycles. The summed E-state index contributed by atoms with van der Waals surface area (Å²) in [6.07, 6.45) is 1.84. The SMILES string of the molecule is COC(=O)C1=C(C(=O)OC)[C@@]2(C)[C@H](c3ccccc3)[C@@](C(=O)N3CCCC3)(c3ccccc3)N2O1. The molecule has 3 aliphatic rings. The second kappa shape index (κ2) is 8.53. The Morgan fingerprint density at radius 1 is 0.886 bits per heavy atom. The molecule has 2 saturated heterocycles. The Morgan fingerprint density at radius 2 is 1.46 bits per heavy atom. The van der Waals surface area contributed by atoms with E-state index < -0.39 is 28.9 Å². The standard InChI is InChI=1S/C27H28N2O6/c1-26-20(23(30)33-2)21(24(31)34-3)35-29(26)27(19-14-8-5-9-15-19,25(32)28-16-10-11-17-28)22(26)18-12-6-4-7-13-18/h4-9,12-15,22H,10-11,16-17H2,1-3H3/t22-,26-,27+/m0/s1.